The van der Waals surface area contributed by atoms with Crippen LogP contribution in [-0.4, -0.2) is 91.8 Å². The van der Waals surface area contributed by atoms with Crippen LogP contribution in [0.3, 0.4) is 0 Å². The van der Waals surface area contributed by atoms with Crippen molar-refractivity contribution in [2.24, 2.45) is 0 Å². The lowest BCUT2D eigenvalue weighted by Crippen LogP contribution is -2.61. The highest BCUT2D eigenvalue weighted by Gasteiger charge is 2.50. The molecule has 1 aromatic rings. The molecule has 41 heavy (non-hydrogen) atoms. The molecule has 230 valence electrons. The van der Waals surface area contributed by atoms with Crippen molar-refractivity contribution in [1.29, 1.82) is 0 Å². The normalized spacial score (nSPS) is 19.1. The molecule has 0 aromatic heterocycles. The molecule has 1 fully saturated rings. The van der Waals surface area contributed by atoms with Crippen LogP contribution in [0.25, 0.3) is 0 Å². The number of thioether (sulfide) groups is 2. The fourth-order valence-electron chi connectivity index (χ4n) is 4.39. The molecule has 10 nitrogen and oxygen atoms in total. The van der Waals surface area contributed by atoms with Gasteiger partial charge in [0.1, 0.15) is 17.7 Å². The summed E-state index contributed by atoms with van der Waals surface area (Å²) in [5.74, 6) is -1.06. The zero-order chi connectivity index (χ0) is 31.2. The van der Waals surface area contributed by atoms with Gasteiger partial charge in [0.2, 0.25) is 11.8 Å². The Morgan fingerprint density at radius 2 is 1.71 bits per heavy atom. The van der Waals surface area contributed by atoms with Gasteiger partial charge in [-0.25, -0.2) is 4.79 Å². The van der Waals surface area contributed by atoms with E-state index in [0.29, 0.717) is 0 Å². The van der Waals surface area contributed by atoms with Gasteiger partial charge in [0, 0.05) is 16.0 Å². The molecule has 1 heterocycles. The molecule has 4 atom stereocenters. The first kappa shape index (κ1) is 34.8. The number of amides is 4. The smallest absolute Gasteiger partial charge is 0.408 e. The number of carbonyl (C=O) groups excluding carboxylic acids is 4. The van der Waals surface area contributed by atoms with Crippen LogP contribution in [0.1, 0.15) is 61.0 Å². The third-order valence-electron chi connectivity index (χ3n) is 6.18. The minimum Gasteiger partial charge on any atom is -0.444 e. The van der Waals surface area contributed by atoms with Gasteiger partial charge >= 0.3 is 6.09 Å². The van der Waals surface area contributed by atoms with E-state index in [-0.39, 0.29) is 24.0 Å². The molecule has 1 aliphatic heterocycles. The summed E-state index contributed by atoms with van der Waals surface area (Å²) in [5.41, 5.74) is -0.463. The maximum Gasteiger partial charge on any atom is 0.408 e. The van der Waals surface area contributed by atoms with Crippen molar-refractivity contribution in [1.82, 2.24) is 20.9 Å². The van der Waals surface area contributed by atoms with Gasteiger partial charge in [0.05, 0.1) is 11.9 Å². The summed E-state index contributed by atoms with van der Waals surface area (Å²) < 4.78 is 4.72. The summed E-state index contributed by atoms with van der Waals surface area (Å²) in [6, 6.07) is 6.37. The molecule has 0 bridgehead atoms. The number of ether oxygens (including phenoxy) is 1. The fourth-order valence-corrected chi connectivity index (χ4v) is 6.09. The van der Waals surface area contributed by atoms with E-state index in [1.807, 2.05) is 65.0 Å². The Hall–Kier alpha value is -2.44. The molecule has 12 heteroatoms. The highest BCUT2D eigenvalue weighted by atomic mass is 32.2. The van der Waals surface area contributed by atoms with Gasteiger partial charge in [-0.3, -0.25) is 14.4 Å². The van der Waals surface area contributed by atoms with Gasteiger partial charge in [0.25, 0.3) is 5.91 Å². The summed E-state index contributed by atoms with van der Waals surface area (Å²) in [7, 11) is 0. The number of carbonyl (C=O) groups is 4. The second kappa shape index (κ2) is 14.2. The molecule has 0 radical (unpaired) electrons. The van der Waals surface area contributed by atoms with E-state index in [4.69, 9.17) is 4.74 Å². The quantitative estimate of drug-likeness (QED) is 0.318. The van der Waals surface area contributed by atoms with Gasteiger partial charge in [0.15, 0.2) is 6.10 Å². The lowest BCUT2D eigenvalue weighted by molar-refractivity contribution is -0.148. The number of hydrogen-bond donors (Lipinski definition) is 4. The van der Waals surface area contributed by atoms with Crippen molar-refractivity contribution < 1.29 is 29.0 Å². The van der Waals surface area contributed by atoms with Gasteiger partial charge in [-0.15, -0.1) is 11.8 Å². The summed E-state index contributed by atoms with van der Waals surface area (Å²) in [4.78, 5) is 54.3. The topological polar surface area (TPSA) is 137 Å². The van der Waals surface area contributed by atoms with Crippen molar-refractivity contribution in [2.45, 2.75) is 102 Å². The third kappa shape index (κ3) is 10.7. The fraction of sp³-hybridized carbons (Fsp3) is 0.655. The van der Waals surface area contributed by atoms with Crippen molar-refractivity contribution in [3.63, 3.8) is 0 Å². The maximum absolute atomic E-state index is 13.8. The van der Waals surface area contributed by atoms with Gasteiger partial charge in [-0.1, -0.05) is 30.3 Å². The Morgan fingerprint density at radius 1 is 1.10 bits per heavy atom. The number of aliphatic hydroxyl groups is 1. The lowest BCUT2D eigenvalue weighted by atomic mass is 9.96. The SMILES string of the molecule is CSC[C@H](NC(=O)OC(C)(C)C)C(=O)N[C@@H](Cc1ccccc1)[C@H](O)C(=O)N1CSC(C)(C)[C@@H]1C(=O)NC(C)(C)C. The van der Waals surface area contributed by atoms with Crippen LogP contribution >= 0.6 is 23.5 Å². The average Bonchev–Trinajstić information content (AvgIpc) is 3.15. The van der Waals surface area contributed by atoms with Crippen LogP contribution < -0.4 is 16.0 Å². The van der Waals surface area contributed by atoms with E-state index in [2.05, 4.69) is 16.0 Å². The average molecular weight is 611 g/mol. The first-order valence-electron chi connectivity index (χ1n) is 13.6. The number of rotatable bonds is 10. The summed E-state index contributed by atoms with van der Waals surface area (Å²) in [6.45, 7) is 14.5. The first-order chi connectivity index (χ1) is 18.8. The lowest BCUT2D eigenvalue weighted by Gasteiger charge is -2.35. The molecular formula is C29H46N4O6S2. The molecule has 0 spiro atoms. The molecule has 0 saturated carbocycles. The van der Waals surface area contributed by atoms with Crippen molar-refractivity contribution >= 4 is 47.3 Å². The zero-order valence-corrected chi connectivity index (χ0v) is 27.2. The van der Waals surface area contributed by atoms with E-state index < -0.39 is 58.0 Å². The van der Waals surface area contributed by atoms with Crippen molar-refractivity contribution in [3.05, 3.63) is 35.9 Å². The van der Waals surface area contributed by atoms with Crippen LogP contribution in [0, 0.1) is 0 Å². The number of benzene rings is 1. The molecule has 1 aliphatic rings. The summed E-state index contributed by atoms with van der Waals surface area (Å²) in [6.07, 6.45) is -0.435. The van der Waals surface area contributed by atoms with Crippen LogP contribution in [-0.2, 0) is 25.5 Å². The number of aliphatic hydroxyl groups excluding tert-OH is 1. The summed E-state index contributed by atoms with van der Waals surface area (Å²) in [5, 5.41) is 19.8. The zero-order valence-electron chi connectivity index (χ0n) is 25.6. The Morgan fingerprint density at radius 3 is 2.24 bits per heavy atom. The van der Waals surface area contributed by atoms with Gasteiger partial charge in [-0.2, -0.15) is 11.8 Å². The second-order valence-electron chi connectivity index (χ2n) is 12.7. The molecule has 1 saturated heterocycles. The van der Waals surface area contributed by atoms with E-state index in [0.717, 1.165) is 5.56 Å². The molecule has 0 unspecified atom stereocenters. The highest BCUT2D eigenvalue weighted by molar-refractivity contribution is 8.00. The van der Waals surface area contributed by atoms with Crippen molar-refractivity contribution in [2.75, 3.05) is 17.9 Å². The Balaban J connectivity index is 2.33. The van der Waals surface area contributed by atoms with E-state index in [1.165, 1.54) is 28.4 Å². The van der Waals surface area contributed by atoms with Gasteiger partial charge < -0.3 is 30.7 Å². The standard InChI is InChI=1S/C29H46N4O6S2/c1-27(2,3)32-24(36)22-29(7,8)41-17-33(22)25(37)21(34)19(15-18-13-11-10-12-14-18)30-23(35)20(16-40-9)31-26(38)39-28(4,5)6/h10-14,19-22,34H,15-17H2,1-9H3,(H,30,35)(H,31,38)(H,32,36)/t19-,20-,21-,22-/m0/s1. The van der Waals surface area contributed by atoms with Gasteiger partial charge in [-0.05, 0) is 73.6 Å². The number of nitrogens with zero attached hydrogens (tertiary/aromatic N) is 1. The Kier molecular flexibility index (Phi) is 12.0. The number of alkyl carbamates (subject to hydrolysis) is 1. The van der Waals surface area contributed by atoms with Crippen molar-refractivity contribution in [3.8, 4) is 0 Å². The van der Waals surface area contributed by atoms with Crippen LogP contribution in [0.2, 0.25) is 0 Å². The molecule has 2 rings (SSSR count). The highest BCUT2D eigenvalue weighted by Crippen LogP contribution is 2.40. The Bertz CT molecular complexity index is 1070. The maximum atomic E-state index is 13.8. The molecule has 4 N–H and O–H groups in total. The predicted molar refractivity (Wildman–Crippen MR) is 165 cm³/mol. The van der Waals surface area contributed by atoms with Crippen LogP contribution in [0.4, 0.5) is 4.79 Å². The minimum atomic E-state index is -1.64. The number of hydrogen-bond acceptors (Lipinski definition) is 8. The Labute approximate surface area is 252 Å². The monoisotopic (exact) mass is 610 g/mol. The largest absolute Gasteiger partial charge is 0.444 e. The van der Waals surface area contributed by atoms with E-state index in [1.54, 1.807) is 27.0 Å². The third-order valence-corrected chi connectivity index (χ3v) is 8.22. The molecule has 4 amide bonds. The van der Waals surface area contributed by atoms with E-state index in [9.17, 15) is 24.3 Å². The molecule has 1 aromatic carbocycles. The second-order valence-corrected chi connectivity index (χ2v) is 15.2. The first-order valence-corrected chi connectivity index (χ1v) is 16.0. The van der Waals surface area contributed by atoms with Crippen LogP contribution in [0.15, 0.2) is 30.3 Å². The molecule has 0 aliphatic carbocycles. The van der Waals surface area contributed by atoms with E-state index >= 15 is 0 Å². The van der Waals surface area contributed by atoms with Crippen LogP contribution in [0.5, 0.6) is 0 Å². The minimum absolute atomic E-state index is 0.154. The number of nitrogens with one attached hydrogen (secondary N) is 3. The predicted octanol–water partition coefficient (Wildman–Crippen LogP) is 2.93. The summed E-state index contributed by atoms with van der Waals surface area (Å²) >= 11 is 2.81. The molecular weight excluding hydrogens is 564 g/mol.